The molecule has 0 unspecified atom stereocenters. The molecule has 1 aliphatic rings. The molecule has 13 heavy (non-hydrogen) atoms. The largest absolute Gasteiger partial charge is 0.288 e. The standard InChI is InChI=1S/C9H9NO2S/c1-3-5-7-6(4(2)13-5)8(11)10-9(7)12/h3H2,1-2H3,(H,10,11,12). The minimum Gasteiger partial charge on any atom is -0.288 e. The van der Waals surface area contributed by atoms with Crippen molar-refractivity contribution in [2.75, 3.05) is 0 Å². The molecule has 0 bridgehead atoms. The molecule has 3 nitrogen and oxygen atoms in total. The first-order chi connectivity index (χ1) is 6.15. The molecule has 2 amide bonds. The van der Waals surface area contributed by atoms with E-state index >= 15 is 0 Å². The molecule has 1 aliphatic heterocycles. The van der Waals surface area contributed by atoms with Crippen molar-refractivity contribution in [3.63, 3.8) is 0 Å². The fourth-order valence-electron chi connectivity index (χ4n) is 1.59. The highest BCUT2D eigenvalue weighted by atomic mass is 32.1. The number of carbonyl (C=O) groups is 2. The number of hydrogen-bond acceptors (Lipinski definition) is 3. The first-order valence-electron chi connectivity index (χ1n) is 4.13. The Balaban J connectivity index is 2.71. The average molecular weight is 195 g/mol. The maximum absolute atomic E-state index is 11.3. The molecule has 0 saturated carbocycles. The predicted octanol–water partition coefficient (Wildman–Crippen LogP) is 1.50. The van der Waals surface area contributed by atoms with E-state index in [0.717, 1.165) is 16.2 Å². The Bertz CT molecular complexity index is 406. The Morgan fingerprint density at radius 2 is 1.85 bits per heavy atom. The van der Waals surface area contributed by atoms with Gasteiger partial charge >= 0.3 is 0 Å². The molecule has 0 aliphatic carbocycles. The molecule has 2 rings (SSSR count). The highest BCUT2D eigenvalue weighted by Crippen LogP contribution is 2.31. The van der Waals surface area contributed by atoms with Crippen LogP contribution in [-0.2, 0) is 6.42 Å². The molecule has 2 heterocycles. The molecule has 0 fully saturated rings. The number of fused-ring (bicyclic) bond motifs is 1. The molecule has 4 heteroatoms. The van der Waals surface area contributed by atoms with E-state index < -0.39 is 0 Å². The molecule has 0 aromatic carbocycles. The lowest BCUT2D eigenvalue weighted by Gasteiger charge is -1.92. The van der Waals surface area contributed by atoms with Crippen LogP contribution in [0.4, 0.5) is 0 Å². The van der Waals surface area contributed by atoms with Crippen molar-refractivity contribution in [1.82, 2.24) is 5.32 Å². The lowest BCUT2D eigenvalue weighted by Crippen LogP contribution is -2.20. The van der Waals surface area contributed by atoms with Crippen molar-refractivity contribution in [3.8, 4) is 0 Å². The third kappa shape index (κ3) is 1.02. The first-order valence-corrected chi connectivity index (χ1v) is 4.94. The third-order valence-corrected chi connectivity index (χ3v) is 3.41. The van der Waals surface area contributed by atoms with E-state index in [0.29, 0.717) is 11.1 Å². The van der Waals surface area contributed by atoms with Crippen molar-refractivity contribution in [3.05, 3.63) is 20.9 Å². The third-order valence-electron chi connectivity index (χ3n) is 2.16. The van der Waals surface area contributed by atoms with Crippen LogP contribution in [-0.4, -0.2) is 11.8 Å². The summed E-state index contributed by atoms with van der Waals surface area (Å²) in [7, 11) is 0. The summed E-state index contributed by atoms with van der Waals surface area (Å²) in [5.74, 6) is -0.477. The number of imide groups is 1. The molecule has 1 aromatic rings. The molecule has 0 saturated heterocycles. The summed E-state index contributed by atoms with van der Waals surface area (Å²) in [4.78, 5) is 24.6. The lowest BCUT2D eigenvalue weighted by atomic mass is 10.1. The predicted molar refractivity (Wildman–Crippen MR) is 50.2 cm³/mol. The number of rotatable bonds is 1. The van der Waals surface area contributed by atoms with E-state index in [-0.39, 0.29) is 11.8 Å². The van der Waals surface area contributed by atoms with Crippen LogP contribution in [0.15, 0.2) is 0 Å². The van der Waals surface area contributed by atoms with Gasteiger partial charge in [0.15, 0.2) is 0 Å². The van der Waals surface area contributed by atoms with Gasteiger partial charge in [-0.25, -0.2) is 0 Å². The van der Waals surface area contributed by atoms with Crippen LogP contribution in [0, 0.1) is 6.92 Å². The van der Waals surface area contributed by atoms with E-state index in [1.807, 2.05) is 13.8 Å². The second-order valence-electron chi connectivity index (χ2n) is 2.97. The van der Waals surface area contributed by atoms with Crippen LogP contribution in [0.1, 0.15) is 37.4 Å². The summed E-state index contributed by atoms with van der Waals surface area (Å²) < 4.78 is 0. The van der Waals surface area contributed by atoms with E-state index in [9.17, 15) is 9.59 Å². The number of amides is 2. The van der Waals surface area contributed by atoms with Crippen LogP contribution < -0.4 is 5.32 Å². The number of thiophene rings is 1. The second-order valence-corrected chi connectivity index (χ2v) is 4.28. The highest BCUT2D eigenvalue weighted by molar-refractivity contribution is 7.12. The highest BCUT2D eigenvalue weighted by Gasteiger charge is 2.32. The summed E-state index contributed by atoms with van der Waals surface area (Å²) >= 11 is 1.54. The SMILES string of the molecule is CCc1sc(C)c2c1C(=O)NC2=O. The number of aryl methyl sites for hydroxylation is 2. The zero-order valence-corrected chi connectivity index (χ0v) is 8.25. The second kappa shape index (κ2) is 2.67. The van der Waals surface area contributed by atoms with Gasteiger partial charge in [0.2, 0.25) is 0 Å². The topological polar surface area (TPSA) is 46.2 Å². The van der Waals surface area contributed by atoms with Crippen LogP contribution in [0.5, 0.6) is 0 Å². The van der Waals surface area contributed by atoms with E-state index in [1.165, 1.54) is 0 Å². The van der Waals surface area contributed by atoms with Crippen LogP contribution in [0.3, 0.4) is 0 Å². The van der Waals surface area contributed by atoms with E-state index in [1.54, 1.807) is 11.3 Å². The Labute approximate surface area is 79.8 Å². The Kier molecular flexibility index (Phi) is 1.73. The molecule has 0 atom stereocenters. The molecule has 1 N–H and O–H groups in total. The summed E-state index contributed by atoms with van der Waals surface area (Å²) in [6.45, 7) is 3.86. The average Bonchev–Trinajstić information content (AvgIpc) is 2.54. The number of hydrogen-bond donors (Lipinski definition) is 1. The van der Waals surface area contributed by atoms with Gasteiger partial charge in [-0.3, -0.25) is 14.9 Å². The van der Waals surface area contributed by atoms with Crippen LogP contribution in [0.25, 0.3) is 0 Å². The Morgan fingerprint density at radius 3 is 2.46 bits per heavy atom. The van der Waals surface area contributed by atoms with Crippen molar-refractivity contribution in [1.29, 1.82) is 0 Å². The van der Waals surface area contributed by atoms with Crippen molar-refractivity contribution >= 4 is 23.2 Å². The summed E-state index contributed by atoms with van der Waals surface area (Å²) in [6.07, 6.45) is 0.807. The zero-order chi connectivity index (χ0) is 9.59. The maximum atomic E-state index is 11.3. The normalized spacial score (nSPS) is 14.6. The first kappa shape index (κ1) is 8.44. The number of nitrogens with one attached hydrogen (secondary N) is 1. The van der Waals surface area contributed by atoms with Gasteiger partial charge in [-0.2, -0.15) is 0 Å². The monoisotopic (exact) mass is 195 g/mol. The molecule has 0 radical (unpaired) electrons. The summed E-state index contributed by atoms with van der Waals surface area (Å²) in [5, 5.41) is 2.31. The Hall–Kier alpha value is -1.16. The van der Waals surface area contributed by atoms with Gasteiger partial charge in [-0.15, -0.1) is 11.3 Å². The fourth-order valence-corrected chi connectivity index (χ4v) is 2.70. The lowest BCUT2D eigenvalue weighted by molar-refractivity contribution is 0.0879. The number of carbonyl (C=O) groups excluding carboxylic acids is 2. The van der Waals surface area contributed by atoms with E-state index in [2.05, 4.69) is 5.32 Å². The van der Waals surface area contributed by atoms with Gasteiger partial charge in [-0.1, -0.05) is 6.92 Å². The van der Waals surface area contributed by atoms with Gasteiger partial charge in [0.05, 0.1) is 11.1 Å². The maximum Gasteiger partial charge on any atom is 0.260 e. The minimum atomic E-state index is -0.242. The van der Waals surface area contributed by atoms with Gasteiger partial charge < -0.3 is 0 Å². The van der Waals surface area contributed by atoms with Gasteiger partial charge in [0.25, 0.3) is 11.8 Å². The van der Waals surface area contributed by atoms with Gasteiger partial charge in [0, 0.05) is 9.75 Å². The summed E-state index contributed by atoms with van der Waals surface area (Å²) in [6, 6.07) is 0. The van der Waals surface area contributed by atoms with Crippen LogP contribution >= 0.6 is 11.3 Å². The van der Waals surface area contributed by atoms with Gasteiger partial charge in [-0.05, 0) is 13.3 Å². The quantitative estimate of drug-likeness (QED) is 0.690. The summed E-state index contributed by atoms with van der Waals surface area (Å²) in [5.41, 5.74) is 1.20. The molecule has 68 valence electrons. The Morgan fingerprint density at radius 1 is 1.23 bits per heavy atom. The van der Waals surface area contributed by atoms with Gasteiger partial charge in [0.1, 0.15) is 0 Å². The molecule has 0 spiro atoms. The van der Waals surface area contributed by atoms with E-state index in [4.69, 9.17) is 0 Å². The van der Waals surface area contributed by atoms with Crippen molar-refractivity contribution < 1.29 is 9.59 Å². The van der Waals surface area contributed by atoms with Crippen LogP contribution in [0.2, 0.25) is 0 Å². The van der Waals surface area contributed by atoms with Crippen molar-refractivity contribution in [2.45, 2.75) is 20.3 Å². The fraction of sp³-hybridized carbons (Fsp3) is 0.333. The molecular weight excluding hydrogens is 186 g/mol. The molecular formula is C9H9NO2S. The smallest absolute Gasteiger partial charge is 0.260 e. The van der Waals surface area contributed by atoms with Crippen molar-refractivity contribution in [2.24, 2.45) is 0 Å². The zero-order valence-electron chi connectivity index (χ0n) is 7.43. The minimum absolute atomic E-state index is 0.235. The molecule has 1 aromatic heterocycles.